The molecule has 0 radical (unpaired) electrons. The summed E-state index contributed by atoms with van der Waals surface area (Å²) < 4.78 is 28.3. The normalized spacial score (nSPS) is 22.1. The van der Waals surface area contributed by atoms with Crippen LogP contribution in [0.1, 0.15) is 36.2 Å². The van der Waals surface area contributed by atoms with Crippen LogP contribution in [0.5, 0.6) is 0 Å². The highest BCUT2D eigenvalue weighted by molar-refractivity contribution is 7.91. The Bertz CT molecular complexity index is 1330. The fourth-order valence-electron chi connectivity index (χ4n) is 5.13. The highest BCUT2D eigenvalue weighted by Gasteiger charge is 2.36. The third-order valence-electron chi connectivity index (χ3n) is 7.03. The van der Waals surface area contributed by atoms with Crippen LogP contribution in [0.25, 0.3) is 5.69 Å². The molecule has 1 saturated heterocycles. The number of nitrogens with zero attached hydrogens (tertiary/aromatic N) is 2. The molecule has 35 heavy (non-hydrogen) atoms. The summed E-state index contributed by atoms with van der Waals surface area (Å²) in [5.74, 6) is 0.0765. The first kappa shape index (κ1) is 23.7. The Labute approximate surface area is 206 Å². The first-order chi connectivity index (χ1) is 16.8. The Morgan fingerprint density at radius 3 is 2.54 bits per heavy atom. The van der Waals surface area contributed by atoms with E-state index in [4.69, 9.17) is 0 Å². The third-order valence-corrected chi connectivity index (χ3v) is 8.80. The van der Waals surface area contributed by atoms with Crippen molar-refractivity contribution in [1.82, 2.24) is 25.7 Å². The predicted octanol–water partition coefficient (Wildman–Crippen LogP) is 2.63. The number of rotatable bonds is 6. The molecule has 0 bridgehead atoms. The molecule has 3 aromatic rings. The Morgan fingerprint density at radius 1 is 1.03 bits per heavy atom. The van der Waals surface area contributed by atoms with E-state index in [9.17, 15) is 13.2 Å². The van der Waals surface area contributed by atoms with Gasteiger partial charge in [0.25, 0.3) is 0 Å². The van der Waals surface area contributed by atoms with E-state index in [0.717, 1.165) is 42.9 Å². The van der Waals surface area contributed by atoms with E-state index in [2.05, 4.69) is 21.0 Å². The van der Waals surface area contributed by atoms with E-state index in [1.165, 1.54) is 0 Å². The summed E-state index contributed by atoms with van der Waals surface area (Å²) in [7, 11) is -3.69. The number of carbonyl (C=O) groups is 1. The van der Waals surface area contributed by atoms with Crippen LogP contribution in [0.15, 0.2) is 64.4 Å². The van der Waals surface area contributed by atoms with Crippen LogP contribution in [0.2, 0.25) is 0 Å². The highest BCUT2D eigenvalue weighted by Crippen LogP contribution is 2.27. The van der Waals surface area contributed by atoms with Crippen LogP contribution in [0.4, 0.5) is 0 Å². The van der Waals surface area contributed by atoms with Crippen LogP contribution in [0.3, 0.4) is 0 Å². The standard InChI is InChI=1S/C26H31N5O3S/c1-17-12-18(2)31(30-17)21-4-3-5-23(14-21)35(33,34)22-9-6-19(7-10-22)15-27-26(32)20-8-11-24-25(13-20)29-16-28-24/h3-7,9-10,12,14,20,24-25,28-29H,8,11,13,15-16H2,1-2H3,(H,27,32). The van der Waals surface area contributed by atoms with Crippen molar-refractivity contribution in [3.8, 4) is 5.69 Å². The number of carbonyl (C=O) groups excluding carboxylic acids is 1. The number of nitrogens with one attached hydrogen (secondary N) is 3. The second kappa shape index (κ2) is 9.56. The van der Waals surface area contributed by atoms with Gasteiger partial charge < -0.3 is 16.0 Å². The minimum absolute atomic E-state index is 0.0118. The van der Waals surface area contributed by atoms with E-state index in [1.807, 2.05) is 26.0 Å². The summed E-state index contributed by atoms with van der Waals surface area (Å²) in [6.07, 6.45) is 2.73. The molecular weight excluding hydrogens is 462 g/mol. The van der Waals surface area contributed by atoms with Crippen LogP contribution < -0.4 is 16.0 Å². The van der Waals surface area contributed by atoms with Crippen LogP contribution >= 0.6 is 0 Å². The van der Waals surface area contributed by atoms with Gasteiger partial charge in [0.15, 0.2) is 0 Å². The van der Waals surface area contributed by atoms with Gasteiger partial charge >= 0.3 is 0 Å². The average molecular weight is 494 g/mol. The van der Waals surface area contributed by atoms with Crippen molar-refractivity contribution in [1.29, 1.82) is 0 Å². The lowest BCUT2D eigenvalue weighted by Gasteiger charge is -2.30. The minimum atomic E-state index is -3.69. The number of sulfone groups is 1. The number of aromatic nitrogens is 2. The maximum Gasteiger partial charge on any atom is 0.223 e. The maximum absolute atomic E-state index is 13.3. The average Bonchev–Trinajstić information content (AvgIpc) is 3.47. The second-order valence-corrected chi connectivity index (χ2v) is 11.5. The lowest BCUT2D eigenvalue weighted by molar-refractivity contribution is -0.126. The Kier molecular flexibility index (Phi) is 6.48. The summed E-state index contributed by atoms with van der Waals surface area (Å²) >= 11 is 0. The molecule has 3 N–H and O–H groups in total. The molecule has 1 aliphatic heterocycles. The number of amides is 1. The number of hydrogen-bond acceptors (Lipinski definition) is 6. The number of fused-ring (bicyclic) bond motifs is 1. The zero-order valence-corrected chi connectivity index (χ0v) is 20.8. The summed E-state index contributed by atoms with van der Waals surface area (Å²) in [5, 5.41) is 14.3. The molecule has 2 fully saturated rings. The van der Waals surface area contributed by atoms with Crippen molar-refractivity contribution in [2.75, 3.05) is 6.67 Å². The molecule has 1 aromatic heterocycles. The lowest BCUT2D eigenvalue weighted by atomic mass is 9.82. The molecular formula is C26H31N5O3S. The fourth-order valence-corrected chi connectivity index (χ4v) is 6.43. The van der Waals surface area contributed by atoms with E-state index in [-0.39, 0.29) is 21.6 Å². The van der Waals surface area contributed by atoms with E-state index >= 15 is 0 Å². The lowest BCUT2D eigenvalue weighted by Crippen LogP contribution is -2.44. The molecule has 184 valence electrons. The number of aryl methyl sites for hydroxylation is 2. The number of benzene rings is 2. The van der Waals surface area contributed by atoms with Gasteiger partial charge in [-0.05, 0) is 75.1 Å². The molecule has 0 spiro atoms. The van der Waals surface area contributed by atoms with Crippen LogP contribution in [-0.2, 0) is 21.2 Å². The summed E-state index contributed by atoms with van der Waals surface area (Å²) in [6.45, 7) is 5.03. The first-order valence-electron chi connectivity index (χ1n) is 12.0. The van der Waals surface area contributed by atoms with Crippen LogP contribution in [0, 0.1) is 19.8 Å². The molecule has 3 atom stereocenters. The highest BCUT2D eigenvalue weighted by atomic mass is 32.2. The largest absolute Gasteiger partial charge is 0.352 e. The quantitative estimate of drug-likeness (QED) is 0.488. The first-order valence-corrected chi connectivity index (χ1v) is 13.5. The van der Waals surface area contributed by atoms with Gasteiger partial charge in [-0.2, -0.15) is 5.10 Å². The van der Waals surface area contributed by atoms with Crippen molar-refractivity contribution >= 4 is 15.7 Å². The van der Waals surface area contributed by atoms with Crippen molar-refractivity contribution in [2.24, 2.45) is 5.92 Å². The fraction of sp³-hybridized carbons (Fsp3) is 0.385. The van der Waals surface area contributed by atoms with Gasteiger partial charge in [0.1, 0.15) is 0 Å². The summed E-state index contributed by atoms with van der Waals surface area (Å²) in [5.41, 5.74) is 3.38. The molecule has 3 unspecified atom stereocenters. The van der Waals surface area contributed by atoms with E-state index in [1.54, 1.807) is 47.1 Å². The van der Waals surface area contributed by atoms with Crippen molar-refractivity contribution in [3.63, 3.8) is 0 Å². The molecule has 2 heterocycles. The molecule has 1 saturated carbocycles. The smallest absolute Gasteiger partial charge is 0.223 e. The third kappa shape index (κ3) is 4.89. The zero-order chi connectivity index (χ0) is 24.6. The minimum Gasteiger partial charge on any atom is -0.352 e. The predicted molar refractivity (Wildman–Crippen MR) is 133 cm³/mol. The SMILES string of the molecule is Cc1cc(C)n(-c2cccc(S(=O)(=O)c3ccc(CNC(=O)C4CCC5NCNC5C4)cc3)c2)n1. The van der Waals surface area contributed by atoms with Gasteiger partial charge in [-0.3, -0.25) is 4.79 Å². The number of hydrogen-bond donors (Lipinski definition) is 3. The molecule has 9 heteroatoms. The van der Waals surface area contributed by atoms with Gasteiger partial charge in [-0.1, -0.05) is 18.2 Å². The van der Waals surface area contributed by atoms with Crippen molar-refractivity contribution in [2.45, 2.75) is 61.5 Å². The monoisotopic (exact) mass is 493 g/mol. The molecule has 1 aliphatic carbocycles. The van der Waals surface area contributed by atoms with Gasteiger partial charge in [-0.25, -0.2) is 13.1 Å². The van der Waals surface area contributed by atoms with Gasteiger partial charge in [-0.15, -0.1) is 0 Å². The van der Waals surface area contributed by atoms with Crippen molar-refractivity contribution in [3.05, 3.63) is 71.5 Å². The Balaban J connectivity index is 1.25. The second-order valence-electron chi connectivity index (χ2n) is 9.51. The molecule has 8 nitrogen and oxygen atoms in total. The Hall–Kier alpha value is -3.01. The topological polar surface area (TPSA) is 105 Å². The van der Waals surface area contributed by atoms with E-state index < -0.39 is 9.84 Å². The van der Waals surface area contributed by atoms with Gasteiger partial charge in [0, 0.05) is 36.9 Å². The summed E-state index contributed by atoms with van der Waals surface area (Å²) in [4.78, 5) is 13.1. The molecule has 2 aliphatic rings. The maximum atomic E-state index is 13.3. The summed E-state index contributed by atoms with van der Waals surface area (Å²) in [6, 6.07) is 16.3. The van der Waals surface area contributed by atoms with Gasteiger partial charge in [0.2, 0.25) is 15.7 Å². The van der Waals surface area contributed by atoms with E-state index in [0.29, 0.717) is 24.3 Å². The van der Waals surface area contributed by atoms with Crippen molar-refractivity contribution < 1.29 is 13.2 Å². The molecule has 5 rings (SSSR count). The van der Waals surface area contributed by atoms with Gasteiger partial charge in [0.05, 0.1) is 21.2 Å². The molecule has 1 amide bonds. The Morgan fingerprint density at radius 2 is 1.80 bits per heavy atom. The zero-order valence-electron chi connectivity index (χ0n) is 20.0. The molecule has 2 aromatic carbocycles. The van der Waals surface area contributed by atoms with Crippen LogP contribution in [-0.4, -0.2) is 42.9 Å².